The predicted molar refractivity (Wildman–Crippen MR) is 81.9 cm³/mol. The van der Waals surface area contributed by atoms with Gasteiger partial charge in [0.1, 0.15) is 0 Å². The third kappa shape index (κ3) is 16.3. The Morgan fingerprint density at radius 2 is 1.12 bits per heavy atom. The number of rotatable bonds is 9. The molecule has 0 aliphatic heterocycles. The predicted octanol–water partition coefficient (Wildman–Crippen LogP) is 3.58. The van der Waals surface area contributed by atoms with Crippen molar-refractivity contribution in [2.45, 2.75) is 77.1 Å². The fourth-order valence-corrected chi connectivity index (χ4v) is 1.75. The van der Waals surface area contributed by atoms with E-state index < -0.39 is 0 Å². The highest BCUT2D eigenvalue weighted by atomic mass is 32.1. The van der Waals surface area contributed by atoms with Crippen molar-refractivity contribution in [3.63, 3.8) is 0 Å². The number of unbranched alkanes of at least 4 members (excludes halogenated alkanes) is 4. The van der Waals surface area contributed by atoms with Gasteiger partial charge in [0.15, 0.2) is 0 Å². The van der Waals surface area contributed by atoms with Crippen LogP contribution in [-0.2, 0) is 0 Å². The van der Waals surface area contributed by atoms with Gasteiger partial charge in [-0.25, -0.2) is 0 Å². The molecule has 0 saturated carbocycles. The zero-order valence-electron chi connectivity index (χ0n) is 12.4. The molecule has 0 aromatic carbocycles. The molecule has 17 heavy (non-hydrogen) atoms. The first kappa shape index (κ1) is 17.3. The largest absolute Gasteiger partial charge is 0.312 e. The van der Waals surface area contributed by atoms with Gasteiger partial charge < -0.3 is 10.6 Å². The van der Waals surface area contributed by atoms with Crippen LogP contribution in [0.25, 0.3) is 0 Å². The molecule has 3 heteroatoms. The average molecular weight is 260 g/mol. The van der Waals surface area contributed by atoms with E-state index in [0.29, 0.717) is 0 Å². The van der Waals surface area contributed by atoms with Crippen LogP contribution >= 0.6 is 12.6 Å². The van der Waals surface area contributed by atoms with Crippen LogP contribution in [0.4, 0.5) is 0 Å². The van der Waals surface area contributed by atoms with Crippen LogP contribution in [0.15, 0.2) is 0 Å². The third-order valence-corrected chi connectivity index (χ3v) is 2.72. The Labute approximate surface area is 114 Å². The monoisotopic (exact) mass is 260 g/mol. The lowest BCUT2D eigenvalue weighted by Gasteiger charge is -2.20. The summed E-state index contributed by atoms with van der Waals surface area (Å²) in [5.74, 6) is 0. The molecule has 0 aromatic heterocycles. The Hall–Kier alpha value is 0.270. The number of nitrogens with one attached hydrogen (secondary N) is 2. The normalized spacial score (nSPS) is 13.1. The second kappa shape index (κ2) is 8.39. The van der Waals surface area contributed by atoms with Crippen molar-refractivity contribution in [2.24, 2.45) is 0 Å². The number of thiol groups is 1. The Bertz CT molecular complexity index is 160. The lowest BCUT2D eigenvalue weighted by Crippen LogP contribution is -2.36. The molecule has 104 valence electrons. The molecule has 0 amide bonds. The molecule has 0 aliphatic rings. The lowest BCUT2D eigenvalue weighted by molar-refractivity contribution is 0.415. The Morgan fingerprint density at radius 1 is 0.706 bits per heavy atom. The van der Waals surface area contributed by atoms with Gasteiger partial charge in [-0.15, -0.1) is 0 Å². The smallest absolute Gasteiger partial charge is 0.0558 e. The first-order valence-electron chi connectivity index (χ1n) is 6.93. The van der Waals surface area contributed by atoms with Crippen LogP contribution in [0.2, 0.25) is 0 Å². The van der Waals surface area contributed by atoms with Crippen LogP contribution in [0.5, 0.6) is 0 Å². The Kier molecular flexibility index (Phi) is 8.52. The van der Waals surface area contributed by atoms with Gasteiger partial charge in [0.25, 0.3) is 0 Å². The number of hydrogen-bond donors (Lipinski definition) is 3. The zero-order chi connectivity index (χ0) is 13.4. The third-order valence-electron chi connectivity index (χ3n) is 2.57. The highest BCUT2D eigenvalue weighted by Gasteiger charge is 2.08. The lowest BCUT2D eigenvalue weighted by atomic mass is 10.1. The van der Waals surface area contributed by atoms with Crippen LogP contribution in [0.1, 0.15) is 66.7 Å². The molecule has 0 bridgehead atoms. The van der Waals surface area contributed by atoms with Gasteiger partial charge in [-0.1, -0.05) is 19.3 Å². The maximum absolute atomic E-state index is 4.43. The minimum absolute atomic E-state index is 0.0311. The molecule has 0 spiro atoms. The van der Waals surface area contributed by atoms with Crippen molar-refractivity contribution < 1.29 is 0 Å². The number of hydrogen-bond acceptors (Lipinski definition) is 3. The van der Waals surface area contributed by atoms with Gasteiger partial charge in [0.05, 0.1) is 4.87 Å². The summed E-state index contributed by atoms with van der Waals surface area (Å²) in [5, 5.41) is 6.92. The van der Waals surface area contributed by atoms with Crippen LogP contribution < -0.4 is 10.6 Å². The first-order chi connectivity index (χ1) is 7.71. The van der Waals surface area contributed by atoms with Gasteiger partial charge in [-0.05, 0) is 60.5 Å². The van der Waals surface area contributed by atoms with E-state index in [0.717, 1.165) is 13.1 Å². The minimum atomic E-state index is -0.0311. The zero-order valence-corrected chi connectivity index (χ0v) is 13.3. The van der Waals surface area contributed by atoms with Gasteiger partial charge in [0.2, 0.25) is 0 Å². The van der Waals surface area contributed by atoms with E-state index >= 15 is 0 Å². The summed E-state index contributed by atoms with van der Waals surface area (Å²) in [6.45, 7) is 13.1. The second-order valence-corrected chi connectivity index (χ2v) is 7.55. The van der Waals surface area contributed by atoms with Crippen molar-refractivity contribution >= 4 is 12.6 Å². The minimum Gasteiger partial charge on any atom is -0.312 e. The van der Waals surface area contributed by atoms with E-state index in [1.807, 2.05) is 0 Å². The van der Waals surface area contributed by atoms with E-state index in [1.165, 1.54) is 32.1 Å². The highest BCUT2D eigenvalue weighted by Crippen LogP contribution is 2.08. The van der Waals surface area contributed by atoms with E-state index in [1.54, 1.807) is 0 Å². The van der Waals surface area contributed by atoms with Crippen molar-refractivity contribution in [3.8, 4) is 0 Å². The van der Waals surface area contributed by atoms with E-state index in [2.05, 4.69) is 57.9 Å². The summed E-state index contributed by atoms with van der Waals surface area (Å²) < 4.78 is 0. The maximum Gasteiger partial charge on any atom is 0.0558 e. The Balaban J connectivity index is 3.15. The molecule has 0 atom stereocenters. The van der Waals surface area contributed by atoms with Gasteiger partial charge in [-0.2, -0.15) is 12.6 Å². The average Bonchev–Trinajstić information content (AvgIpc) is 2.11. The standard InChI is InChI=1S/C14H32N2S/c1-13(2,3)15-11-9-7-6-8-10-12-16-14(4,5)17/h15-17H,6-12H2,1-5H3. The second-order valence-electron chi connectivity index (χ2n) is 6.43. The first-order valence-corrected chi connectivity index (χ1v) is 7.38. The summed E-state index contributed by atoms with van der Waals surface area (Å²) in [6, 6.07) is 0. The SMILES string of the molecule is CC(C)(C)NCCCCCCCNC(C)(C)S. The van der Waals surface area contributed by atoms with Gasteiger partial charge >= 0.3 is 0 Å². The summed E-state index contributed by atoms with van der Waals surface area (Å²) in [5.41, 5.74) is 0.266. The maximum atomic E-state index is 4.43. The quantitative estimate of drug-likeness (QED) is 0.335. The summed E-state index contributed by atoms with van der Waals surface area (Å²) in [7, 11) is 0. The van der Waals surface area contributed by atoms with Gasteiger partial charge in [-0.3, -0.25) is 0 Å². The molecular formula is C14H32N2S. The molecule has 0 saturated heterocycles. The fourth-order valence-electron chi connectivity index (χ4n) is 1.64. The molecule has 0 unspecified atom stereocenters. The molecule has 0 fully saturated rings. The summed E-state index contributed by atoms with van der Waals surface area (Å²) in [6.07, 6.45) is 6.57. The molecule has 0 aromatic rings. The fraction of sp³-hybridized carbons (Fsp3) is 1.00. The van der Waals surface area contributed by atoms with Crippen molar-refractivity contribution in [1.82, 2.24) is 10.6 Å². The van der Waals surface area contributed by atoms with E-state index in [-0.39, 0.29) is 10.4 Å². The van der Waals surface area contributed by atoms with E-state index in [9.17, 15) is 0 Å². The summed E-state index contributed by atoms with van der Waals surface area (Å²) >= 11 is 4.43. The van der Waals surface area contributed by atoms with Crippen molar-refractivity contribution in [3.05, 3.63) is 0 Å². The van der Waals surface area contributed by atoms with E-state index in [4.69, 9.17) is 0 Å². The Morgan fingerprint density at radius 3 is 1.53 bits per heavy atom. The van der Waals surface area contributed by atoms with Crippen LogP contribution in [-0.4, -0.2) is 23.5 Å². The van der Waals surface area contributed by atoms with Gasteiger partial charge in [0, 0.05) is 5.54 Å². The molecular weight excluding hydrogens is 228 g/mol. The molecule has 0 radical (unpaired) electrons. The topological polar surface area (TPSA) is 24.1 Å². The molecule has 0 heterocycles. The van der Waals surface area contributed by atoms with Crippen LogP contribution in [0.3, 0.4) is 0 Å². The van der Waals surface area contributed by atoms with Crippen LogP contribution in [0, 0.1) is 0 Å². The highest BCUT2D eigenvalue weighted by molar-refractivity contribution is 7.81. The summed E-state index contributed by atoms with van der Waals surface area (Å²) in [4.78, 5) is -0.0311. The molecule has 0 rings (SSSR count). The molecule has 0 aliphatic carbocycles. The van der Waals surface area contributed by atoms with Crippen molar-refractivity contribution in [2.75, 3.05) is 13.1 Å². The van der Waals surface area contributed by atoms with Crippen molar-refractivity contribution in [1.29, 1.82) is 0 Å². The molecule has 2 nitrogen and oxygen atoms in total. The molecule has 2 N–H and O–H groups in total.